The zero-order valence-electron chi connectivity index (χ0n) is 41.9. The lowest BCUT2D eigenvalue weighted by Gasteiger charge is -2.14. The molecule has 0 fully saturated rings. The summed E-state index contributed by atoms with van der Waals surface area (Å²) in [5.74, 6) is 1.74. The minimum absolute atomic E-state index is 0.169. The summed E-state index contributed by atoms with van der Waals surface area (Å²) in [7, 11) is 0. The molecule has 384 valence electrons. The van der Waals surface area contributed by atoms with Gasteiger partial charge in [-0.3, -0.25) is 14.4 Å². The molecule has 12 nitrogen and oxygen atoms in total. The summed E-state index contributed by atoms with van der Waals surface area (Å²) in [6, 6.07) is 0. The molecule has 0 N–H and O–H groups in total. The molecule has 1 aromatic heterocycles. The first kappa shape index (κ1) is 61.9. The third kappa shape index (κ3) is 34.2. The summed E-state index contributed by atoms with van der Waals surface area (Å²) in [5.41, 5.74) is -2.67. The quantitative estimate of drug-likeness (QED) is 0.0348. The number of rotatable bonds is 48. The Morgan fingerprint density at radius 3 is 0.742 bits per heavy atom. The molecule has 0 aliphatic rings. The first-order valence-corrected chi connectivity index (χ1v) is 29.9. The van der Waals surface area contributed by atoms with Crippen LogP contribution >= 0.6 is 35.3 Å². The molecule has 1 heterocycles. The fourth-order valence-corrected chi connectivity index (χ4v) is 10.1. The van der Waals surface area contributed by atoms with Gasteiger partial charge in [-0.15, -0.1) is 0 Å². The van der Waals surface area contributed by atoms with E-state index in [4.69, 9.17) is 14.2 Å². The van der Waals surface area contributed by atoms with Gasteiger partial charge < -0.3 is 14.2 Å². The third-order valence-corrected chi connectivity index (χ3v) is 14.8. The SMILES string of the molecule is CCCCCCCCCCCCSCC(=O)OCCn1c(=O)n(CCOC(=O)CSCCCCCCCCCCCC)c(=O)n(CCOC(=O)CSCCCCCCCCCCCC)c1=O. The van der Waals surface area contributed by atoms with Gasteiger partial charge in [0.25, 0.3) is 0 Å². The monoisotopic (exact) mass is 988 g/mol. The van der Waals surface area contributed by atoms with Crippen LogP contribution in [0.1, 0.15) is 213 Å². The van der Waals surface area contributed by atoms with E-state index in [0.29, 0.717) is 0 Å². The molecule has 1 rings (SSSR count). The number of esters is 3. The number of aromatic nitrogens is 3. The Morgan fingerprint density at radius 2 is 0.530 bits per heavy atom. The van der Waals surface area contributed by atoms with E-state index in [-0.39, 0.29) is 56.7 Å². The van der Waals surface area contributed by atoms with Crippen LogP contribution in [-0.4, -0.2) is 85.9 Å². The molecule has 15 heteroatoms. The van der Waals surface area contributed by atoms with E-state index in [1.54, 1.807) is 0 Å². The second kappa shape index (κ2) is 45.3. The predicted octanol–water partition coefficient (Wildman–Crippen LogP) is 11.8. The van der Waals surface area contributed by atoms with E-state index in [0.717, 1.165) is 69.5 Å². The van der Waals surface area contributed by atoms with Crippen molar-refractivity contribution in [2.45, 2.75) is 233 Å². The number of hydrogen-bond donors (Lipinski definition) is 0. The largest absolute Gasteiger partial charge is 0.463 e. The van der Waals surface area contributed by atoms with E-state index in [2.05, 4.69) is 20.8 Å². The van der Waals surface area contributed by atoms with Crippen molar-refractivity contribution in [3.8, 4) is 0 Å². The number of hydrogen-bond acceptors (Lipinski definition) is 12. The fraction of sp³-hybridized carbons (Fsp3) is 0.882. The van der Waals surface area contributed by atoms with Crippen LogP contribution in [0.25, 0.3) is 0 Å². The highest BCUT2D eigenvalue weighted by Gasteiger charge is 2.17. The number of ether oxygens (including phenoxy) is 3. The topological polar surface area (TPSA) is 145 Å². The van der Waals surface area contributed by atoms with Crippen LogP contribution in [-0.2, 0) is 48.2 Å². The van der Waals surface area contributed by atoms with Gasteiger partial charge in [0.15, 0.2) is 0 Å². The van der Waals surface area contributed by atoms with Crippen LogP contribution in [0.3, 0.4) is 0 Å². The van der Waals surface area contributed by atoms with Crippen molar-refractivity contribution < 1.29 is 28.6 Å². The van der Waals surface area contributed by atoms with Crippen LogP contribution in [0, 0.1) is 0 Å². The molecule has 0 aliphatic heterocycles. The second-order valence-corrected chi connectivity index (χ2v) is 21.0. The average molecular weight is 989 g/mol. The molecule has 0 unspecified atom stereocenters. The van der Waals surface area contributed by atoms with Crippen molar-refractivity contribution >= 4 is 53.2 Å². The minimum atomic E-state index is -0.889. The first-order valence-electron chi connectivity index (χ1n) is 26.4. The second-order valence-electron chi connectivity index (χ2n) is 17.7. The van der Waals surface area contributed by atoms with Crippen LogP contribution in [0.15, 0.2) is 14.4 Å². The summed E-state index contributed by atoms with van der Waals surface area (Å²) in [4.78, 5) is 78.1. The van der Waals surface area contributed by atoms with Gasteiger partial charge in [0.2, 0.25) is 0 Å². The Morgan fingerprint density at radius 1 is 0.333 bits per heavy atom. The van der Waals surface area contributed by atoms with Gasteiger partial charge in [-0.05, 0) is 36.5 Å². The Kier molecular flexibility index (Phi) is 42.5. The van der Waals surface area contributed by atoms with Crippen LogP contribution in [0.2, 0.25) is 0 Å². The smallest absolute Gasteiger partial charge is 0.336 e. The number of thioether (sulfide) groups is 3. The Hall–Kier alpha value is -2.13. The Bertz CT molecular complexity index is 1330. The van der Waals surface area contributed by atoms with Crippen LogP contribution < -0.4 is 17.1 Å². The highest BCUT2D eigenvalue weighted by atomic mass is 32.2. The molecular weight excluding hydrogens is 895 g/mol. The standard InChI is InChI=1S/C51H93N3O9S3/c1-4-7-10-13-16-19-22-25-28-31-40-64-43-46(55)61-37-34-52-49(58)53(35-38-62-47(56)44-65-41-32-29-26-23-20-17-14-11-8-5-2)51(60)54(50(52)59)36-39-63-48(57)45-66-42-33-30-27-24-21-18-15-12-9-6-3/h4-45H2,1-3H3. The lowest BCUT2D eigenvalue weighted by molar-refractivity contribution is -0.141. The van der Waals surface area contributed by atoms with Crippen molar-refractivity contribution in [2.75, 3.05) is 54.3 Å². The normalized spacial score (nSPS) is 11.3. The van der Waals surface area contributed by atoms with Gasteiger partial charge in [-0.2, -0.15) is 35.3 Å². The van der Waals surface area contributed by atoms with E-state index in [1.807, 2.05) is 0 Å². The zero-order valence-corrected chi connectivity index (χ0v) is 44.4. The maximum absolute atomic E-state index is 13.5. The highest BCUT2D eigenvalue weighted by Crippen LogP contribution is 2.15. The Balaban J connectivity index is 2.64. The van der Waals surface area contributed by atoms with Gasteiger partial charge in [0.1, 0.15) is 19.8 Å². The molecule has 1 aromatic rings. The summed E-state index contributed by atoms with van der Waals surface area (Å²) in [6.07, 6.45) is 37.4. The number of carbonyl (C=O) groups is 3. The number of unbranched alkanes of at least 4 members (excludes halogenated alkanes) is 27. The molecule has 0 saturated heterocycles. The van der Waals surface area contributed by atoms with Gasteiger partial charge >= 0.3 is 35.0 Å². The van der Waals surface area contributed by atoms with E-state index < -0.39 is 35.0 Å². The van der Waals surface area contributed by atoms with E-state index in [1.165, 1.54) is 189 Å². The maximum atomic E-state index is 13.5. The average Bonchev–Trinajstić information content (AvgIpc) is 3.30. The van der Waals surface area contributed by atoms with Crippen LogP contribution in [0.5, 0.6) is 0 Å². The van der Waals surface area contributed by atoms with Gasteiger partial charge in [0.05, 0.1) is 36.9 Å². The molecule has 0 aliphatic carbocycles. The van der Waals surface area contributed by atoms with Gasteiger partial charge in [-0.25, -0.2) is 28.1 Å². The van der Waals surface area contributed by atoms with E-state index in [9.17, 15) is 28.8 Å². The molecule has 66 heavy (non-hydrogen) atoms. The number of carbonyl (C=O) groups excluding carboxylic acids is 3. The molecule has 0 amide bonds. The van der Waals surface area contributed by atoms with Crippen molar-refractivity contribution in [3.05, 3.63) is 31.5 Å². The van der Waals surface area contributed by atoms with Crippen molar-refractivity contribution in [2.24, 2.45) is 0 Å². The molecule has 0 aromatic carbocycles. The summed E-state index contributed by atoms with van der Waals surface area (Å²) >= 11 is 4.52. The maximum Gasteiger partial charge on any atom is 0.336 e. The van der Waals surface area contributed by atoms with Crippen molar-refractivity contribution in [1.82, 2.24) is 13.7 Å². The van der Waals surface area contributed by atoms with E-state index >= 15 is 0 Å². The minimum Gasteiger partial charge on any atom is -0.463 e. The summed E-state index contributed by atoms with van der Waals surface area (Å²) in [5, 5.41) is 0. The summed E-state index contributed by atoms with van der Waals surface area (Å²) < 4.78 is 18.7. The van der Waals surface area contributed by atoms with Crippen molar-refractivity contribution in [3.63, 3.8) is 0 Å². The molecule has 0 atom stereocenters. The molecule has 0 radical (unpaired) electrons. The highest BCUT2D eigenvalue weighted by molar-refractivity contribution is 8.00. The lowest BCUT2D eigenvalue weighted by Crippen LogP contribution is -2.55. The van der Waals surface area contributed by atoms with Crippen LogP contribution in [0.4, 0.5) is 0 Å². The molecule has 0 saturated carbocycles. The fourth-order valence-electron chi connectivity index (χ4n) is 7.67. The van der Waals surface area contributed by atoms with Gasteiger partial charge in [-0.1, -0.05) is 194 Å². The van der Waals surface area contributed by atoms with Gasteiger partial charge in [0, 0.05) is 0 Å². The first-order chi connectivity index (χ1) is 32.3. The summed E-state index contributed by atoms with van der Waals surface area (Å²) in [6.45, 7) is 5.20. The van der Waals surface area contributed by atoms with Crippen molar-refractivity contribution in [1.29, 1.82) is 0 Å². The Labute approximate surface area is 412 Å². The molecular formula is C51H93N3O9S3. The molecule has 0 spiro atoms. The number of nitrogens with zero attached hydrogens (tertiary/aromatic N) is 3. The predicted molar refractivity (Wildman–Crippen MR) is 280 cm³/mol. The zero-order chi connectivity index (χ0) is 48.1. The molecule has 0 bridgehead atoms. The lowest BCUT2D eigenvalue weighted by atomic mass is 10.1. The third-order valence-electron chi connectivity index (χ3n) is 11.7.